The quantitative estimate of drug-likeness (QED) is 0.590. The van der Waals surface area contributed by atoms with Gasteiger partial charge in [0.15, 0.2) is 0 Å². The summed E-state index contributed by atoms with van der Waals surface area (Å²) in [5.41, 5.74) is 0. The first-order valence-corrected chi connectivity index (χ1v) is 4.59. The first-order valence-electron chi connectivity index (χ1n) is 4.59. The summed E-state index contributed by atoms with van der Waals surface area (Å²) in [6, 6.07) is 0. The minimum Gasteiger partial charge on any atom is -0.443 e. The Kier molecular flexibility index (Phi) is 2.37. The molecule has 0 radical (unpaired) electrons. The molecule has 1 amide bonds. The topological polar surface area (TPSA) is 61.8 Å². The predicted octanol–water partition coefficient (Wildman–Crippen LogP) is -0.839. The summed E-state index contributed by atoms with van der Waals surface area (Å²) in [5, 5.41) is 11.9. The Hall–Kier alpha value is -0.810. The molecule has 0 aromatic carbocycles. The fraction of sp³-hybridized carbons (Fsp3) is 0.875. The van der Waals surface area contributed by atoms with Crippen LogP contribution in [0.5, 0.6) is 0 Å². The second-order valence-electron chi connectivity index (χ2n) is 3.61. The van der Waals surface area contributed by atoms with Crippen molar-refractivity contribution in [3.8, 4) is 0 Å². The molecule has 2 fully saturated rings. The fourth-order valence-electron chi connectivity index (χ4n) is 1.80. The summed E-state index contributed by atoms with van der Waals surface area (Å²) >= 11 is 0. The Bertz CT molecular complexity index is 210. The third-order valence-corrected chi connectivity index (χ3v) is 2.46. The highest BCUT2D eigenvalue weighted by molar-refractivity contribution is 5.69. The lowest BCUT2D eigenvalue weighted by atomic mass is 10.3. The molecule has 2 saturated heterocycles. The molecule has 0 spiro atoms. The molecule has 13 heavy (non-hydrogen) atoms. The third-order valence-electron chi connectivity index (χ3n) is 2.46. The van der Waals surface area contributed by atoms with Gasteiger partial charge in [-0.25, -0.2) is 4.79 Å². The number of β-amino-alcohol motifs (C(OH)–C–C–N with tert-alkyl or cyclic N) is 1. The maximum absolute atomic E-state index is 10.7. The van der Waals surface area contributed by atoms with Crippen LogP contribution in [0.25, 0.3) is 0 Å². The number of likely N-dealkylation sites (tertiary alicyclic amines) is 1. The van der Waals surface area contributed by atoms with Crippen molar-refractivity contribution in [2.24, 2.45) is 0 Å². The number of carbonyl (C=O) groups excluding carboxylic acids is 1. The van der Waals surface area contributed by atoms with Gasteiger partial charge < -0.3 is 15.2 Å². The lowest BCUT2D eigenvalue weighted by Crippen LogP contribution is -2.33. The molecule has 2 rings (SSSR count). The molecule has 0 aromatic heterocycles. The summed E-state index contributed by atoms with van der Waals surface area (Å²) in [7, 11) is 0. The third kappa shape index (κ3) is 2.10. The Morgan fingerprint density at radius 2 is 2.54 bits per heavy atom. The molecule has 5 heteroatoms. The standard InChI is InChI=1S/C8H14N2O3/c11-6-1-2-10(4-6)5-7-3-9-8(12)13-7/h6-7,11H,1-5H2,(H,9,12)/t6-,7?/m0/s1. The van der Waals surface area contributed by atoms with Gasteiger partial charge in [0.1, 0.15) is 6.10 Å². The number of amides is 1. The molecule has 2 aliphatic heterocycles. The number of aliphatic hydroxyl groups excluding tert-OH is 1. The van der Waals surface area contributed by atoms with Crippen LogP contribution in [-0.2, 0) is 4.74 Å². The molecule has 0 bridgehead atoms. The van der Waals surface area contributed by atoms with Crippen molar-refractivity contribution in [2.75, 3.05) is 26.2 Å². The van der Waals surface area contributed by atoms with E-state index in [2.05, 4.69) is 10.2 Å². The minimum absolute atomic E-state index is 0.0437. The van der Waals surface area contributed by atoms with Gasteiger partial charge in [-0.1, -0.05) is 0 Å². The van der Waals surface area contributed by atoms with Crippen LogP contribution in [0.15, 0.2) is 0 Å². The van der Waals surface area contributed by atoms with Gasteiger partial charge in [0, 0.05) is 19.6 Å². The van der Waals surface area contributed by atoms with Crippen molar-refractivity contribution in [1.29, 1.82) is 0 Å². The lowest BCUT2D eigenvalue weighted by Gasteiger charge is -2.17. The summed E-state index contributed by atoms with van der Waals surface area (Å²) < 4.78 is 4.99. The maximum atomic E-state index is 10.7. The van der Waals surface area contributed by atoms with E-state index in [0.29, 0.717) is 13.1 Å². The number of aliphatic hydroxyl groups is 1. The van der Waals surface area contributed by atoms with E-state index >= 15 is 0 Å². The molecule has 1 unspecified atom stereocenters. The number of cyclic esters (lactones) is 1. The highest BCUT2D eigenvalue weighted by Crippen LogP contribution is 2.11. The van der Waals surface area contributed by atoms with Gasteiger partial charge in [0.25, 0.3) is 0 Å². The molecular formula is C8H14N2O3. The SMILES string of the molecule is O=C1NCC(CN2CC[C@H](O)C2)O1. The second kappa shape index (κ2) is 3.51. The molecule has 0 aromatic rings. The lowest BCUT2D eigenvalue weighted by molar-refractivity contribution is 0.109. The van der Waals surface area contributed by atoms with E-state index in [1.807, 2.05) is 0 Å². The van der Waals surface area contributed by atoms with Gasteiger partial charge in [0.05, 0.1) is 12.6 Å². The molecule has 5 nitrogen and oxygen atoms in total. The Labute approximate surface area is 76.7 Å². The fourth-order valence-corrected chi connectivity index (χ4v) is 1.80. The molecule has 0 saturated carbocycles. The molecule has 74 valence electrons. The maximum Gasteiger partial charge on any atom is 0.407 e. The molecule has 0 aliphatic carbocycles. The average molecular weight is 186 g/mol. The van der Waals surface area contributed by atoms with Crippen molar-refractivity contribution >= 4 is 6.09 Å². The number of hydrogen-bond donors (Lipinski definition) is 2. The van der Waals surface area contributed by atoms with Crippen LogP contribution in [0.1, 0.15) is 6.42 Å². The Balaban J connectivity index is 1.75. The number of ether oxygens (including phenoxy) is 1. The summed E-state index contributed by atoms with van der Waals surface area (Å²) in [5.74, 6) is 0. The number of hydrogen-bond acceptors (Lipinski definition) is 4. The van der Waals surface area contributed by atoms with E-state index in [-0.39, 0.29) is 18.3 Å². The predicted molar refractivity (Wildman–Crippen MR) is 45.3 cm³/mol. The van der Waals surface area contributed by atoms with Crippen molar-refractivity contribution in [2.45, 2.75) is 18.6 Å². The highest BCUT2D eigenvalue weighted by atomic mass is 16.6. The van der Waals surface area contributed by atoms with Crippen LogP contribution in [0.3, 0.4) is 0 Å². The molecule has 2 heterocycles. The van der Waals surface area contributed by atoms with Crippen LogP contribution in [-0.4, -0.2) is 54.5 Å². The smallest absolute Gasteiger partial charge is 0.407 e. The van der Waals surface area contributed by atoms with Crippen molar-refractivity contribution in [1.82, 2.24) is 10.2 Å². The van der Waals surface area contributed by atoms with Gasteiger partial charge in [0.2, 0.25) is 0 Å². The molecule has 2 aliphatic rings. The van der Waals surface area contributed by atoms with E-state index in [1.54, 1.807) is 0 Å². The molecular weight excluding hydrogens is 172 g/mol. The molecule has 2 atom stereocenters. The van der Waals surface area contributed by atoms with Crippen LogP contribution >= 0.6 is 0 Å². The van der Waals surface area contributed by atoms with E-state index in [1.165, 1.54) is 0 Å². The summed E-state index contributed by atoms with van der Waals surface area (Å²) in [6.45, 7) is 2.92. The van der Waals surface area contributed by atoms with Crippen molar-refractivity contribution < 1.29 is 14.6 Å². The summed E-state index contributed by atoms with van der Waals surface area (Å²) in [4.78, 5) is 12.8. The Morgan fingerprint density at radius 3 is 3.08 bits per heavy atom. The van der Waals surface area contributed by atoms with Gasteiger partial charge in [-0.3, -0.25) is 4.90 Å². The van der Waals surface area contributed by atoms with Gasteiger partial charge in [-0.2, -0.15) is 0 Å². The minimum atomic E-state index is -0.329. The van der Waals surface area contributed by atoms with Crippen molar-refractivity contribution in [3.63, 3.8) is 0 Å². The number of nitrogens with zero attached hydrogens (tertiary/aromatic N) is 1. The van der Waals surface area contributed by atoms with E-state index in [9.17, 15) is 9.90 Å². The Morgan fingerprint density at radius 1 is 1.69 bits per heavy atom. The average Bonchev–Trinajstić information content (AvgIpc) is 2.62. The number of nitrogens with one attached hydrogen (secondary N) is 1. The molecule has 2 N–H and O–H groups in total. The monoisotopic (exact) mass is 186 g/mol. The zero-order valence-corrected chi connectivity index (χ0v) is 7.40. The van der Waals surface area contributed by atoms with Gasteiger partial charge >= 0.3 is 6.09 Å². The van der Waals surface area contributed by atoms with Gasteiger partial charge in [-0.15, -0.1) is 0 Å². The second-order valence-corrected chi connectivity index (χ2v) is 3.61. The number of alkyl carbamates (subject to hydrolysis) is 1. The van der Waals surface area contributed by atoms with E-state index in [4.69, 9.17) is 4.74 Å². The van der Waals surface area contributed by atoms with Crippen LogP contribution in [0.4, 0.5) is 4.79 Å². The van der Waals surface area contributed by atoms with Crippen LogP contribution in [0.2, 0.25) is 0 Å². The zero-order chi connectivity index (χ0) is 9.26. The normalized spacial score (nSPS) is 34.7. The highest BCUT2D eigenvalue weighted by Gasteiger charge is 2.28. The van der Waals surface area contributed by atoms with E-state index in [0.717, 1.165) is 19.5 Å². The number of carbonyl (C=O) groups is 1. The van der Waals surface area contributed by atoms with Gasteiger partial charge in [-0.05, 0) is 6.42 Å². The number of rotatable bonds is 2. The van der Waals surface area contributed by atoms with Crippen LogP contribution < -0.4 is 5.32 Å². The zero-order valence-electron chi connectivity index (χ0n) is 7.40. The first kappa shape index (κ1) is 8.77. The van der Waals surface area contributed by atoms with Crippen LogP contribution in [0, 0.1) is 0 Å². The van der Waals surface area contributed by atoms with Crippen molar-refractivity contribution in [3.05, 3.63) is 0 Å². The summed E-state index contributed by atoms with van der Waals surface area (Å²) in [6.07, 6.45) is 0.251. The first-order chi connectivity index (χ1) is 6.24. The largest absolute Gasteiger partial charge is 0.443 e. The van der Waals surface area contributed by atoms with E-state index < -0.39 is 0 Å².